The standard InChI is InChI=1S/C48H32O2/c1-3-32(45-29(2)49-44-26-13-11-23-40(44)45)41-27-31(28-42-34-18-10-12-25-43(34)50-48(41)42)46-36-19-6-8-21-38(36)47(39-22-9-7-20-37(39)46)35-24-14-16-30-15-4-5-17-33(30)35/h3-28H,1-2H3/b32-3-. The minimum absolute atomic E-state index is 0.881. The quantitative estimate of drug-likeness (QED) is 0.179. The molecule has 0 atom stereocenters. The lowest BCUT2D eigenvalue weighted by molar-refractivity contribution is 0.577. The van der Waals surface area contributed by atoms with Crippen molar-refractivity contribution in [3.05, 3.63) is 175 Å². The molecule has 0 aliphatic carbocycles. The maximum absolute atomic E-state index is 6.73. The molecule has 2 nitrogen and oxygen atoms in total. The first kappa shape index (κ1) is 28.6. The molecule has 2 aromatic heterocycles. The third kappa shape index (κ3) is 4.15. The third-order valence-corrected chi connectivity index (χ3v) is 10.4. The molecule has 0 fully saturated rings. The Bertz CT molecular complexity index is 2940. The number of rotatable bonds is 4. The molecule has 0 saturated carbocycles. The van der Waals surface area contributed by atoms with Crippen LogP contribution in [0, 0.1) is 6.92 Å². The van der Waals surface area contributed by atoms with Crippen LogP contribution in [0.3, 0.4) is 0 Å². The van der Waals surface area contributed by atoms with Crippen LogP contribution in [0.15, 0.2) is 167 Å². The molecule has 8 aromatic carbocycles. The van der Waals surface area contributed by atoms with E-state index in [9.17, 15) is 0 Å². The van der Waals surface area contributed by atoms with Crippen LogP contribution in [0.25, 0.3) is 93.1 Å². The van der Waals surface area contributed by atoms with E-state index in [0.29, 0.717) is 0 Å². The molecule has 0 N–H and O–H groups in total. The van der Waals surface area contributed by atoms with E-state index in [-0.39, 0.29) is 0 Å². The van der Waals surface area contributed by atoms with Crippen molar-refractivity contribution >= 4 is 70.8 Å². The Morgan fingerprint density at radius 3 is 1.70 bits per heavy atom. The van der Waals surface area contributed by atoms with Gasteiger partial charge in [-0.15, -0.1) is 0 Å². The fourth-order valence-corrected chi connectivity index (χ4v) is 8.28. The van der Waals surface area contributed by atoms with E-state index in [1.807, 2.05) is 18.2 Å². The Hall–Kier alpha value is -6.38. The number of hydrogen-bond acceptors (Lipinski definition) is 2. The van der Waals surface area contributed by atoms with Crippen LogP contribution in [-0.2, 0) is 0 Å². The molecule has 0 radical (unpaired) electrons. The SMILES string of the molecule is C/C=C(\c1c(C)oc2ccccc12)c1cc(-c2c3ccccc3c(-c3cccc4ccccc34)c3ccccc23)cc2c1oc1ccccc12. The second-order valence-corrected chi connectivity index (χ2v) is 13.1. The lowest BCUT2D eigenvalue weighted by Crippen LogP contribution is -1.94. The summed E-state index contributed by atoms with van der Waals surface area (Å²) >= 11 is 0. The highest BCUT2D eigenvalue weighted by molar-refractivity contribution is 6.24. The average Bonchev–Trinajstić information content (AvgIpc) is 3.71. The van der Waals surface area contributed by atoms with Gasteiger partial charge in [-0.25, -0.2) is 0 Å². The van der Waals surface area contributed by atoms with Crippen LogP contribution in [0.2, 0.25) is 0 Å². The van der Waals surface area contributed by atoms with Gasteiger partial charge in [-0.3, -0.25) is 0 Å². The summed E-state index contributed by atoms with van der Waals surface area (Å²) in [4.78, 5) is 0. The smallest absolute Gasteiger partial charge is 0.143 e. The Morgan fingerprint density at radius 2 is 1.02 bits per heavy atom. The lowest BCUT2D eigenvalue weighted by Gasteiger charge is -2.19. The van der Waals surface area contributed by atoms with Crippen LogP contribution in [-0.4, -0.2) is 0 Å². The van der Waals surface area contributed by atoms with Gasteiger partial charge < -0.3 is 8.83 Å². The maximum Gasteiger partial charge on any atom is 0.143 e. The van der Waals surface area contributed by atoms with Gasteiger partial charge in [-0.05, 0) is 98.3 Å². The average molecular weight is 641 g/mol. The molecule has 2 heterocycles. The topological polar surface area (TPSA) is 26.3 Å². The van der Waals surface area contributed by atoms with E-state index >= 15 is 0 Å². The summed E-state index contributed by atoms with van der Waals surface area (Å²) in [5.41, 5.74) is 10.8. The summed E-state index contributed by atoms with van der Waals surface area (Å²) < 4.78 is 13.0. The van der Waals surface area contributed by atoms with E-state index in [4.69, 9.17) is 8.83 Å². The predicted octanol–water partition coefficient (Wildman–Crippen LogP) is 13.9. The first-order valence-electron chi connectivity index (χ1n) is 17.2. The predicted molar refractivity (Wildman–Crippen MR) is 211 cm³/mol. The van der Waals surface area contributed by atoms with Gasteiger partial charge in [0.2, 0.25) is 0 Å². The fourth-order valence-electron chi connectivity index (χ4n) is 8.28. The van der Waals surface area contributed by atoms with Gasteiger partial charge in [0, 0.05) is 27.3 Å². The van der Waals surface area contributed by atoms with E-state index in [0.717, 1.165) is 60.9 Å². The molecule has 2 heteroatoms. The van der Waals surface area contributed by atoms with Crippen LogP contribution in [0.5, 0.6) is 0 Å². The molecule has 10 aromatic rings. The highest BCUT2D eigenvalue weighted by Crippen LogP contribution is 2.48. The molecule has 0 spiro atoms. The number of fused-ring (bicyclic) bond motifs is 7. The molecule has 50 heavy (non-hydrogen) atoms. The van der Waals surface area contributed by atoms with Gasteiger partial charge in [0.15, 0.2) is 0 Å². The monoisotopic (exact) mass is 640 g/mol. The molecular weight excluding hydrogens is 609 g/mol. The third-order valence-electron chi connectivity index (χ3n) is 10.4. The number of para-hydroxylation sites is 2. The molecule has 0 bridgehead atoms. The highest BCUT2D eigenvalue weighted by atomic mass is 16.3. The number of allylic oxidation sites excluding steroid dienone is 1. The van der Waals surface area contributed by atoms with Crippen molar-refractivity contribution in [3.63, 3.8) is 0 Å². The molecule has 0 amide bonds. The zero-order valence-corrected chi connectivity index (χ0v) is 27.8. The number of aryl methyl sites for hydroxylation is 1. The van der Waals surface area contributed by atoms with Gasteiger partial charge in [0.05, 0.1) is 0 Å². The number of hydrogen-bond donors (Lipinski definition) is 0. The van der Waals surface area contributed by atoms with Crippen LogP contribution >= 0.6 is 0 Å². The number of benzene rings is 8. The Labute approximate surface area is 289 Å². The highest BCUT2D eigenvalue weighted by Gasteiger charge is 2.24. The fraction of sp³-hybridized carbons (Fsp3) is 0.0417. The summed E-state index contributed by atoms with van der Waals surface area (Å²) in [6.45, 7) is 4.17. The summed E-state index contributed by atoms with van der Waals surface area (Å²) in [6, 6.07) is 54.5. The summed E-state index contributed by atoms with van der Waals surface area (Å²) in [5, 5.41) is 10.7. The molecule has 236 valence electrons. The summed E-state index contributed by atoms with van der Waals surface area (Å²) in [5.74, 6) is 0.893. The lowest BCUT2D eigenvalue weighted by atomic mass is 9.83. The molecule has 0 aliphatic heterocycles. The Morgan fingerprint density at radius 1 is 0.480 bits per heavy atom. The van der Waals surface area contributed by atoms with E-state index in [1.165, 1.54) is 49.0 Å². The maximum atomic E-state index is 6.73. The van der Waals surface area contributed by atoms with Crippen molar-refractivity contribution < 1.29 is 8.83 Å². The minimum atomic E-state index is 0.881. The van der Waals surface area contributed by atoms with Gasteiger partial charge in [0.1, 0.15) is 22.5 Å². The second-order valence-electron chi connectivity index (χ2n) is 13.1. The second kappa shape index (κ2) is 11.1. The zero-order chi connectivity index (χ0) is 33.3. The van der Waals surface area contributed by atoms with E-state index in [1.54, 1.807) is 0 Å². The van der Waals surface area contributed by atoms with Crippen molar-refractivity contribution in [2.75, 3.05) is 0 Å². The summed E-state index contributed by atoms with van der Waals surface area (Å²) in [7, 11) is 0. The molecule has 0 aliphatic rings. The van der Waals surface area contributed by atoms with Crippen molar-refractivity contribution in [2.45, 2.75) is 13.8 Å². The van der Waals surface area contributed by atoms with Crippen LogP contribution in [0.1, 0.15) is 23.8 Å². The molecule has 0 unspecified atom stereocenters. The zero-order valence-electron chi connectivity index (χ0n) is 27.8. The van der Waals surface area contributed by atoms with Crippen molar-refractivity contribution in [1.29, 1.82) is 0 Å². The Balaban J connectivity index is 1.34. The van der Waals surface area contributed by atoms with Crippen LogP contribution < -0.4 is 0 Å². The minimum Gasteiger partial charge on any atom is -0.461 e. The summed E-state index contributed by atoms with van der Waals surface area (Å²) in [6.07, 6.45) is 2.20. The largest absolute Gasteiger partial charge is 0.461 e. The van der Waals surface area contributed by atoms with Gasteiger partial charge in [-0.2, -0.15) is 0 Å². The van der Waals surface area contributed by atoms with Gasteiger partial charge >= 0.3 is 0 Å². The first-order chi connectivity index (χ1) is 24.7. The van der Waals surface area contributed by atoms with Gasteiger partial charge in [0.25, 0.3) is 0 Å². The van der Waals surface area contributed by atoms with E-state index < -0.39 is 0 Å². The molecular formula is C48H32O2. The first-order valence-corrected chi connectivity index (χ1v) is 17.2. The van der Waals surface area contributed by atoms with Crippen molar-refractivity contribution in [1.82, 2.24) is 0 Å². The number of furan rings is 2. The van der Waals surface area contributed by atoms with Gasteiger partial charge in [-0.1, -0.05) is 133 Å². The van der Waals surface area contributed by atoms with Crippen LogP contribution in [0.4, 0.5) is 0 Å². The molecule has 10 rings (SSSR count). The van der Waals surface area contributed by atoms with Crippen molar-refractivity contribution in [2.24, 2.45) is 0 Å². The molecule has 0 saturated heterocycles. The Kier molecular flexibility index (Phi) is 6.34. The van der Waals surface area contributed by atoms with Crippen molar-refractivity contribution in [3.8, 4) is 22.3 Å². The normalized spacial score (nSPS) is 12.3. The van der Waals surface area contributed by atoms with E-state index in [2.05, 4.69) is 153 Å².